The van der Waals surface area contributed by atoms with Crippen molar-refractivity contribution in [1.29, 1.82) is 0 Å². The zero-order chi connectivity index (χ0) is 22.1. The molecule has 2 amide bonds. The van der Waals surface area contributed by atoms with Crippen LogP contribution in [-0.2, 0) is 9.59 Å². The number of rotatable bonds is 5. The minimum absolute atomic E-state index is 0.116. The van der Waals surface area contributed by atoms with Gasteiger partial charge in [-0.2, -0.15) is 0 Å². The van der Waals surface area contributed by atoms with Crippen molar-refractivity contribution in [2.24, 2.45) is 0 Å². The fraction of sp³-hybridized carbons (Fsp3) is 0.120. The van der Waals surface area contributed by atoms with E-state index in [0.29, 0.717) is 17.0 Å². The van der Waals surface area contributed by atoms with Crippen LogP contribution in [0.5, 0.6) is 5.75 Å². The summed E-state index contributed by atoms with van der Waals surface area (Å²) < 4.78 is 19.2. The Morgan fingerprint density at radius 1 is 0.903 bits per heavy atom. The van der Waals surface area contributed by atoms with Crippen molar-refractivity contribution in [3.8, 4) is 5.75 Å². The van der Waals surface area contributed by atoms with E-state index in [1.54, 1.807) is 18.2 Å². The minimum Gasteiger partial charge on any atom is -0.495 e. The van der Waals surface area contributed by atoms with Crippen molar-refractivity contribution in [2.75, 3.05) is 17.3 Å². The zero-order valence-corrected chi connectivity index (χ0v) is 17.4. The van der Waals surface area contributed by atoms with Gasteiger partial charge in [-0.25, -0.2) is 9.29 Å². The van der Waals surface area contributed by atoms with Crippen molar-refractivity contribution in [3.05, 3.63) is 94.9 Å². The highest BCUT2D eigenvalue weighted by molar-refractivity contribution is 6.46. The molecule has 0 spiro atoms. The van der Waals surface area contributed by atoms with Crippen LogP contribution < -0.4 is 15.0 Å². The maximum absolute atomic E-state index is 13.9. The highest BCUT2D eigenvalue weighted by Crippen LogP contribution is 2.36. The topological polar surface area (TPSA) is 58.6 Å². The largest absolute Gasteiger partial charge is 0.495 e. The molecule has 0 aliphatic carbocycles. The van der Waals surface area contributed by atoms with Gasteiger partial charge in [-0.1, -0.05) is 42.0 Å². The molecule has 1 heterocycles. The molecule has 31 heavy (non-hydrogen) atoms. The number of para-hydroxylation sites is 2. The summed E-state index contributed by atoms with van der Waals surface area (Å²) in [6.45, 7) is 3.85. The molecular formula is C25H21FN2O3. The summed E-state index contributed by atoms with van der Waals surface area (Å²) in [5.74, 6) is -1.08. The van der Waals surface area contributed by atoms with Crippen LogP contribution in [0.15, 0.2) is 72.4 Å². The molecular weight excluding hydrogens is 395 g/mol. The number of hydrogen-bond acceptors (Lipinski definition) is 4. The molecule has 0 unspecified atom stereocenters. The molecule has 0 saturated heterocycles. The summed E-state index contributed by atoms with van der Waals surface area (Å²) in [5, 5.41) is 3.09. The number of nitrogens with zero attached hydrogens (tertiary/aromatic N) is 1. The monoisotopic (exact) mass is 416 g/mol. The number of carbonyl (C=O) groups is 2. The summed E-state index contributed by atoms with van der Waals surface area (Å²) in [7, 11) is 1.53. The highest BCUT2D eigenvalue weighted by atomic mass is 19.1. The van der Waals surface area contributed by atoms with E-state index in [1.807, 2.05) is 38.1 Å². The number of hydrogen-bond donors (Lipinski definition) is 1. The van der Waals surface area contributed by atoms with Crippen LogP contribution in [0.3, 0.4) is 0 Å². The van der Waals surface area contributed by atoms with Gasteiger partial charge in [0.1, 0.15) is 17.3 Å². The maximum atomic E-state index is 13.9. The molecule has 5 nitrogen and oxygen atoms in total. The van der Waals surface area contributed by atoms with Crippen LogP contribution in [-0.4, -0.2) is 18.9 Å². The third kappa shape index (κ3) is 3.68. The smallest absolute Gasteiger partial charge is 0.282 e. The number of nitrogens with one attached hydrogen (secondary N) is 1. The maximum Gasteiger partial charge on any atom is 0.282 e. The highest BCUT2D eigenvalue weighted by Gasteiger charge is 2.41. The first-order valence-electron chi connectivity index (χ1n) is 9.77. The van der Waals surface area contributed by atoms with Crippen LogP contribution >= 0.6 is 0 Å². The summed E-state index contributed by atoms with van der Waals surface area (Å²) in [5.41, 5.74) is 3.61. The Bertz CT molecular complexity index is 1230. The molecule has 0 radical (unpaired) electrons. The van der Waals surface area contributed by atoms with Crippen LogP contribution in [0, 0.1) is 19.7 Å². The van der Waals surface area contributed by atoms with E-state index >= 15 is 0 Å². The van der Waals surface area contributed by atoms with Gasteiger partial charge in [0.05, 0.1) is 24.1 Å². The normalized spacial score (nSPS) is 13.7. The Morgan fingerprint density at radius 3 is 2.39 bits per heavy atom. The second kappa shape index (κ2) is 8.07. The van der Waals surface area contributed by atoms with E-state index in [1.165, 1.54) is 31.4 Å². The van der Waals surface area contributed by atoms with Gasteiger partial charge >= 0.3 is 0 Å². The van der Waals surface area contributed by atoms with E-state index in [0.717, 1.165) is 16.0 Å². The molecule has 0 bridgehead atoms. The molecule has 3 aromatic rings. The van der Waals surface area contributed by atoms with Crippen molar-refractivity contribution in [3.63, 3.8) is 0 Å². The Kier molecular flexibility index (Phi) is 5.29. The second-order valence-corrected chi connectivity index (χ2v) is 7.32. The molecule has 0 saturated carbocycles. The first-order valence-corrected chi connectivity index (χ1v) is 9.77. The lowest BCUT2D eigenvalue weighted by atomic mass is 9.97. The van der Waals surface area contributed by atoms with E-state index in [-0.39, 0.29) is 17.0 Å². The molecule has 0 fully saturated rings. The van der Waals surface area contributed by atoms with Crippen molar-refractivity contribution >= 4 is 28.8 Å². The molecule has 4 rings (SSSR count). The Balaban J connectivity index is 1.88. The van der Waals surface area contributed by atoms with Crippen molar-refractivity contribution in [2.45, 2.75) is 13.8 Å². The van der Waals surface area contributed by atoms with E-state index in [4.69, 9.17) is 4.74 Å². The minimum atomic E-state index is -0.559. The van der Waals surface area contributed by atoms with Crippen LogP contribution in [0.2, 0.25) is 0 Å². The summed E-state index contributed by atoms with van der Waals surface area (Å²) in [6.07, 6.45) is 0. The predicted molar refractivity (Wildman–Crippen MR) is 118 cm³/mol. The average molecular weight is 416 g/mol. The predicted octanol–water partition coefficient (Wildman–Crippen LogP) is 4.85. The number of methoxy groups -OCH3 is 1. The van der Waals surface area contributed by atoms with Gasteiger partial charge < -0.3 is 10.1 Å². The van der Waals surface area contributed by atoms with E-state index in [2.05, 4.69) is 5.32 Å². The van der Waals surface area contributed by atoms with Crippen LogP contribution in [0.25, 0.3) is 5.57 Å². The van der Waals surface area contributed by atoms with Gasteiger partial charge in [0, 0.05) is 0 Å². The quantitative estimate of drug-likeness (QED) is 0.604. The lowest BCUT2D eigenvalue weighted by molar-refractivity contribution is -0.120. The standard InChI is InChI=1S/C25H21FN2O3/c1-15-11-12-19(16(2)13-15)22-23(27-20-9-4-5-10-21(20)31-3)25(30)28(24(22)29)18-8-6-7-17(26)14-18/h4-14,27H,1-3H3. The summed E-state index contributed by atoms with van der Waals surface area (Å²) in [4.78, 5) is 27.9. The number of halogens is 1. The fourth-order valence-corrected chi connectivity index (χ4v) is 3.72. The molecule has 3 aromatic carbocycles. The number of anilines is 2. The molecule has 1 N–H and O–H groups in total. The fourth-order valence-electron chi connectivity index (χ4n) is 3.72. The SMILES string of the molecule is COc1ccccc1NC1=C(c2ccc(C)cc2C)C(=O)N(c2cccc(F)c2)C1=O. The lowest BCUT2D eigenvalue weighted by Crippen LogP contribution is -2.32. The summed E-state index contributed by atoms with van der Waals surface area (Å²) >= 11 is 0. The van der Waals surface area contributed by atoms with Gasteiger partial charge in [-0.05, 0) is 55.3 Å². The second-order valence-electron chi connectivity index (χ2n) is 7.32. The Labute approximate surface area is 179 Å². The van der Waals surface area contributed by atoms with E-state index in [9.17, 15) is 14.0 Å². The summed E-state index contributed by atoms with van der Waals surface area (Å²) in [6, 6.07) is 18.2. The van der Waals surface area contributed by atoms with Crippen molar-refractivity contribution in [1.82, 2.24) is 0 Å². The van der Waals surface area contributed by atoms with Crippen LogP contribution in [0.1, 0.15) is 16.7 Å². The average Bonchev–Trinajstić information content (AvgIpc) is 2.98. The molecule has 156 valence electrons. The van der Waals surface area contributed by atoms with Gasteiger partial charge in [0.15, 0.2) is 0 Å². The molecule has 6 heteroatoms. The Morgan fingerprint density at radius 2 is 1.68 bits per heavy atom. The number of carbonyl (C=O) groups excluding carboxylic acids is 2. The third-order valence-corrected chi connectivity index (χ3v) is 5.17. The molecule has 0 aromatic heterocycles. The first-order chi connectivity index (χ1) is 14.9. The van der Waals surface area contributed by atoms with Crippen LogP contribution in [0.4, 0.5) is 15.8 Å². The number of amides is 2. The van der Waals surface area contributed by atoms with Crippen molar-refractivity contribution < 1.29 is 18.7 Å². The number of aryl methyl sites for hydroxylation is 2. The van der Waals surface area contributed by atoms with Gasteiger partial charge in [-0.15, -0.1) is 0 Å². The number of imide groups is 1. The van der Waals surface area contributed by atoms with Gasteiger partial charge in [-0.3, -0.25) is 9.59 Å². The zero-order valence-electron chi connectivity index (χ0n) is 17.4. The number of benzene rings is 3. The Hall–Kier alpha value is -3.93. The van der Waals surface area contributed by atoms with E-state index < -0.39 is 17.6 Å². The molecule has 1 aliphatic rings. The third-order valence-electron chi connectivity index (χ3n) is 5.17. The number of ether oxygens (including phenoxy) is 1. The molecule has 0 atom stereocenters. The molecule has 1 aliphatic heterocycles. The first kappa shape index (κ1) is 20.3. The van der Waals surface area contributed by atoms with Gasteiger partial charge in [0.25, 0.3) is 11.8 Å². The lowest BCUT2D eigenvalue weighted by Gasteiger charge is -2.16. The van der Waals surface area contributed by atoms with Gasteiger partial charge in [0.2, 0.25) is 0 Å².